The van der Waals surface area contributed by atoms with Crippen molar-refractivity contribution in [2.24, 2.45) is 33.7 Å². The molecule has 0 spiro atoms. The van der Waals surface area contributed by atoms with Crippen molar-refractivity contribution in [3.8, 4) is 17.2 Å². The fraction of sp³-hybridized carbons (Fsp3) is 0.596. The van der Waals surface area contributed by atoms with Crippen LogP contribution in [0.25, 0.3) is 10.8 Å². The van der Waals surface area contributed by atoms with Gasteiger partial charge in [0.2, 0.25) is 5.78 Å². The van der Waals surface area contributed by atoms with Gasteiger partial charge in [0.25, 0.3) is 5.91 Å². The summed E-state index contributed by atoms with van der Waals surface area (Å²) in [5.41, 5.74) is -0.102. The fourth-order valence-electron chi connectivity index (χ4n) is 9.79. The van der Waals surface area contributed by atoms with Crippen molar-refractivity contribution >= 4 is 34.1 Å². The van der Waals surface area contributed by atoms with Gasteiger partial charge >= 0.3 is 5.97 Å². The molecule has 7 rings (SSSR count). The number of benzene rings is 2. The summed E-state index contributed by atoms with van der Waals surface area (Å²) in [6, 6.07) is 0.701. The number of ether oxygens (including phenoxy) is 2. The van der Waals surface area contributed by atoms with E-state index in [1.165, 1.54) is 6.92 Å². The number of amides is 1. The maximum absolute atomic E-state index is 14.7. The second kappa shape index (κ2) is 17.6. The van der Waals surface area contributed by atoms with E-state index in [0.717, 1.165) is 25.8 Å². The predicted octanol–water partition coefficient (Wildman–Crippen LogP) is 7.14. The number of rotatable bonds is 5. The number of aliphatic hydroxyl groups excluding tert-OH is 1. The van der Waals surface area contributed by atoms with E-state index in [9.17, 15) is 29.7 Å². The summed E-state index contributed by atoms with van der Waals surface area (Å²) in [7, 11) is 0. The maximum Gasteiger partial charge on any atom is 0.302 e. The van der Waals surface area contributed by atoms with E-state index in [-0.39, 0.29) is 86.0 Å². The zero-order valence-corrected chi connectivity index (χ0v) is 36.5. The van der Waals surface area contributed by atoms with Gasteiger partial charge in [-0.25, -0.2) is 4.99 Å². The number of aromatic hydroxyl groups is 2. The number of nitrogens with one attached hydrogen (secondary N) is 1. The van der Waals surface area contributed by atoms with Crippen molar-refractivity contribution in [3.05, 3.63) is 57.8 Å². The monoisotopic (exact) mass is 812 g/mol. The molecule has 5 heterocycles. The lowest BCUT2D eigenvalue weighted by molar-refractivity contribution is -0.156. The Morgan fingerprint density at radius 3 is 2.46 bits per heavy atom. The van der Waals surface area contributed by atoms with E-state index in [2.05, 4.69) is 29.1 Å². The highest BCUT2D eigenvalue weighted by atomic mass is 16.5. The highest BCUT2D eigenvalue weighted by Crippen LogP contribution is 2.51. The van der Waals surface area contributed by atoms with Crippen LogP contribution >= 0.6 is 0 Å². The van der Waals surface area contributed by atoms with Crippen LogP contribution in [0, 0.1) is 30.6 Å². The third-order valence-electron chi connectivity index (χ3n) is 13.2. The Morgan fingerprint density at radius 1 is 1.03 bits per heavy atom. The number of carbonyl (C=O) groups excluding carboxylic acids is 3. The van der Waals surface area contributed by atoms with Gasteiger partial charge in [-0.15, -0.1) is 0 Å². The molecular formula is C47H64N4O8. The molecule has 1 fully saturated rings. The van der Waals surface area contributed by atoms with Gasteiger partial charge < -0.3 is 30.1 Å². The largest absolute Gasteiger partial charge is 0.507 e. The van der Waals surface area contributed by atoms with E-state index in [1.54, 1.807) is 32.9 Å². The molecule has 0 radical (unpaired) electrons. The standard InChI is InChI=1S/C47H64N4O8/c1-11-21-51-28(6)18-19-32(51)23-33-48-37-34-35-41(54)30(8)44-36(34)45(56)47(10,59-44)20-13-12-16-25(3)43(58-31(9)52)29(7)40(53)27(5)22-24(2)15-14-17-26(4)46(57)50-39(42(35)55)38(37)49-33/h12-15,17,24-25,27-29,32-33,40,43,48,53-55H,11,16,18-23H2,1-10H3/b13-12+,15-14+,26-17-,50-39?/t24-,25+,27+,28?,29+,32?,33-,40+,43+,47+/m0/s1. The summed E-state index contributed by atoms with van der Waals surface area (Å²) in [6.45, 7) is 19.7. The zero-order valence-electron chi connectivity index (χ0n) is 36.5. The number of phenolic OH excluding ortho intramolecular Hbond substituents is 2. The fourth-order valence-corrected chi connectivity index (χ4v) is 9.79. The summed E-state index contributed by atoms with van der Waals surface area (Å²) < 4.78 is 12.3. The van der Waals surface area contributed by atoms with E-state index >= 15 is 0 Å². The van der Waals surface area contributed by atoms with Crippen molar-refractivity contribution in [1.29, 1.82) is 0 Å². The van der Waals surface area contributed by atoms with Crippen LogP contribution in [0.15, 0.2) is 45.9 Å². The molecule has 10 atom stereocenters. The first-order valence-corrected chi connectivity index (χ1v) is 21.5. The maximum atomic E-state index is 14.7. The highest BCUT2D eigenvalue weighted by molar-refractivity contribution is 6.22. The van der Waals surface area contributed by atoms with E-state index in [1.807, 2.05) is 45.9 Å². The minimum absolute atomic E-state index is 0.00863. The number of fused-ring (bicyclic) bond motifs is 13. The number of esters is 1. The molecule has 320 valence electrons. The van der Waals surface area contributed by atoms with Crippen molar-refractivity contribution in [1.82, 2.24) is 4.90 Å². The molecule has 5 bridgehead atoms. The second-order valence-corrected chi connectivity index (χ2v) is 18.0. The van der Waals surface area contributed by atoms with Crippen molar-refractivity contribution in [3.63, 3.8) is 0 Å². The second-order valence-electron chi connectivity index (χ2n) is 18.0. The number of allylic oxidation sites excluding steroid dienone is 4. The number of phenols is 2. The molecule has 0 aromatic heterocycles. The topological polar surface area (TPSA) is 170 Å². The minimum atomic E-state index is -1.35. The van der Waals surface area contributed by atoms with Crippen molar-refractivity contribution in [2.45, 2.75) is 150 Å². The average Bonchev–Trinajstić information content (AvgIpc) is 3.84. The quantitative estimate of drug-likeness (QED) is 0.138. The number of likely N-dealkylation sites (tertiary alicyclic amines) is 1. The predicted molar refractivity (Wildman–Crippen MR) is 228 cm³/mol. The SMILES string of the molecule is CCCN1C(C)CCC1C[C@@H]1N=c2c(c3c4c5c(C)c(O)c3c(O)c2=NC(=O)/C(C)=C\C=C\[C@H](C)C[C@@H](C)[C@@H](O)[C@@H](C)[C@H](OC(C)=O)[C@H](C)C/C=C/C[C@@](C)(O5)C4=O)N1. The van der Waals surface area contributed by atoms with Gasteiger partial charge in [-0.2, -0.15) is 0 Å². The number of hydrogen-bond acceptors (Lipinski definition) is 11. The first-order valence-electron chi connectivity index (χ1n) is 21.5. The van der Waals surface area contributed by atoms with Crippen LogP contribution in [0.4, 0.5) is 5.69 Å². The Kier molecular flexibility index (Phi) is 13.1. The number of Topliss-reactive ketones (excluding diaryl/α,β-unsaturated/α-hetero) is 1. The minimum Gasteiger partial charge on any atom is -0.507 e. The number of nitrogens with zero attached hydrogens (tertiary/aromatic N) is 3. The number of ketones is 1. The van der Waals surface area contributed by atoms with E-state index in [4.69, 9.17) is 14.5 Å². The van der Waals surface area contributed by atoms with Crippen LogP contribution < -0.4 is 20.8 Å². The molecule has 2 aromatic rings. The van der Waals surface area contributed by atoms with Gasteiger partial charge in [0.1, 0.15) is 34.5 Å². The number of hydrogen-bond donors (Lipinski definition) is 4. The Balaban J connectivity index is 1.50. The lowest BCUT2D eigenvalue weighted by Crippen LogP contribution is -2.40. The number of aliphatic hydroxyl groups is 1. The molecule has 2 aromatic carbocycles. The van der Waals surface area contributed by atoms with Crippen LogP contribution in [0.1, 0.15) is 123 Å². The molecule has 5 aliphatic rings. The molecule has 0 saturated carbocycles. The zero-order chi connectivity index (χ0) is 43.1. The Labute approximate surface area is 348 Å². The third-order valence-corrected chi connectivity index (χ3v) is 13.2. The Bertz CT molecular complexity index is 2210. The normalized spacial score (nSPS) is 33.7. The summed E-state index contributed by atoms with van der Waals surface area (Å²) >= 11 is 0. The molecule has 5 aliphatic heterocycles. The number of carbonyl (C=O) groups is 3. The van der Waals surface area contributed by atoms with Crippen LogP contribution in [0.5, 0.6) is 17.2 Å². The average molecular weight is 813 g/mol. The van der Waals surface area contributed by atoms with Gasteiger partial charge in [-0.3, -0.25) is 24.3 Å². The summed E-state index contributed by atoms with van der Waals surface area (Å²) in [4.78, 5) is 52.8. The van der Waals surface area contributed by atoms with Crippen LogP contribution in [0.3, 0.4) is 0 Å². The van der Waals surface area contributed by atoms with Gasteiger partial charge in [-0.1, -0.05) is 65.0 Å². The molecule has 0 aliphatic carbocycles. The molecule has 12 heteroatoms. The molecule has 59 heavy (non-hydrogen) atoms. The third kappa shape index (κ3) is 8.58. The molecular weight excluding hydrogens is 749 g/mol. The lowest BCUT2D eigenvalue weighted by atomic mass is 9.80. The van der Waals surface area contributed by atoms with Gasteiger partial charge in [0, 0.05) is 54.3 Å². The van der Waals surface area contributed by atoms with E-state index < -0.39 is 41.6 Å². The van der Waals surface area contributed by atoms with Gasteiger partial charge in [-0.05, 0) is 84.1 Å². The molecule has 12 nitrogen and oxygen atoms in total. The van der Waals surface area contributed by atoms with Crippen LogP contribution in [-0.2, 0) is 14.3 Å². The first kappa shape index (κ1) is 44.0. The smallest absolute Gasteiger partial charge is 0.302 e. The molecule has 1 saturated heterocycles. The van der Waals surface area contributed by atoms with Crippen molar-refractivity contribution < 1.29 is 39.2 Å². The van der Waals surface area contributed by atoms with Crippen LogP contribution in [0.2, 0.25) is 0 Å². The van der Waals surface area contributed by atoms with Gasteiger partial charge in [0.15, 0.2) is 11.4 Å². The van der Waals surface area contributed by atoms with Gasteiger partial charge in [0.05, 0.1) is 22.7 Å². The Hall–Kier alpha value is -4.55. The molecule has 1 amide bonds. The van der Waals surface area contributed by atoms with Crippen molar-refractivity contribution in [2.75, 3.05) is 11.9 Å². The number of anilines is 1. The lowest BCUT2D eigenvalue weighted by Gasteiger charge is -2.34. The van der Waals surface area contributed by atoms with E-state index in [0.29, 0.717) is 36.6 Å². The highest BCUT2D eigenvalue weighted by Gasteiger charge is 2.47. The first-order chi connectivity index (χ1) is 27.9. The molecule has 4 N–H and O–H groups in total. The Morgan fingerprint density at radius 2 is 1.76 bits per heavy atom. The summed E-state index contributed by atoms with van der Waals surface area (Å²) in [5.74, 6) is -2.39. The molecule has 2 unspecified atom stereocenters. The summed E-state index contributed by atoms with van der Waals surface area (Å²) in [5, 5.41) is 39.4. The van der Waals surface area contributed by atoms with Crippen LogP contribution in [-0.4, -0.2) is 80.5 Å². The summed E-state index contributed by atoms with van der Waals surface area (Å²) in [6.07, 6.45) is 12.7.